The van der Waals surface area contributed by atoms with E-state index in [2.05, 4.69) is 10.1 Å². The van der Waals surface area contributed by atoms with E-state index >= 15 is 0 Å². The zero-order valence-corrected chi connectivity index (χ0v) is 11.9. The fourth-order valence-corrected chi connectivity index (χ4v) is 2.45. The van der Waals surface area contributed by atoms with Gasteiger partial charge in [0, 0.05) is 0 Å². The maximum Gasteiger partial charge on any atom is -0.870 e. The van der Waals surface area contributed by atoms with Crippen LogP contribution in [0, 0.1) is 0 Å². The van der Waals surface area contributed by atoms with Crippen LogP contribution in [-0.2, 0) is 9.53 Å². The second-order valence-corrected chi connectivity index (χ2v) is 5.00. The van der Waals surface area contributed by atoms with Crippen molar-refractivity contribution in [2.75, 3.05) is 17.7 Å². The number of anilines is 1. The number of ether oxygens (including phenoxy) is 1. The first kappa shape index (κ1) is 20.4. The molecule has 2 rings (SSSR count). The molecule has 1 aliphatic heterocycles. The normalized spacial score (nSPS) is 14.4. The summed E-state index contributed by atoms with van der Waals surface area (Å²) < 4.78 is 42.9. The first-order valence-electron chi connectivity index (χ1n) is 5.62. The first-order valence-corrected chi connectivity index (χ1v) is 6.61. The first-order chi connectivity index (χ1) is 9.39. The predicted molar refractivity (Wildman–Crippen MR) is 75.8 cm³/mol. The maximum absolute atomic E-state index is 12.8. The standard InChI is InChI=1S/C12H9BF3NO2S.2H2O/c13-7-3-1-2-4-8(7)17-11(18)9-10(12(14,15)16)19-5-6-20-9;;/h1-4H,5-6H2,(H,17,18);2*1H2/q+2;;/p-2. The summed E-state index contributed by atoms with van der Waals surface area (Å²) in [5.41, 5.74) is 0.537. The van der Waals surface area contributed by atoms with E-state index in [-0.39, 0.29) is 34.5 Å². The molecule has 0 aromatic heterocycles. The second kappa shape index (κ2) is 8.11. The fourth-order valence-electron chi connectivity index (χ4n) is 1.59. The number of hydrogen-bond acceptors (Lipinski definition) is 5. The van der Waals surface area contributed by atoms with Gasteiger partial charge < -0.3 is 11.0 Å². The van der Waals surface area contributed by atoms with Crippen molar-refractivity contribution in [1.82, 2.24) is 0 Å². The van der Waals surface area contributed by atoms with Gasteiger partial charge in [0.15, 0.2) is 0 Å². The molecule has 0 unspecified atom stereocenters. The largest absolute Gasteiger partial charge is 0.870 e. The summed E-state index contributed by atoms with van der Waals surface area (Å²) in [5.74, 6) is -1.84. The molecule has 10 heteroatoms. The predicted octanol–water partition coefficient (Wildman–Crippen LogP) is 1.60. The Morgan fingerprint density at radius 1 is 1.27 bits per heavy atom. The monoisotopic (exact) mass is 333 g/mol. The summed E-state index contributed by atoms with van der Waals surface area (Å²) in [5, 5.41) is 2.36. The molecule has 1 aromatic rings. The molecular formula is C12H11BF3NO4S. The number of nitrogens with one attached hydrogen (secondary N) is 1. The van der Waals surface area contributed by atoms with Gasteiger partial charge in [-0.05, 0) is 0 Å². The van der Waals surface area contributed by atoms with Gasteiger partial charge in [-0.3, -0.25) is 0 Å². The number of halogens is 3. The third-order valence-corrected chi connectivity index (χ3v) is 3.49. The molecule has 1 amide bonds. The smallest absolute Gasteiger partial charge is 0.870 e. The Kier molecular flexibility index (Phi) is 7.50. The molecule has 0 atom stereocenters. The van der Waals surface area contributed by atoms with E-state index in [1.165, 1.54) is 6.07 Å². The number of amides is 1. The molecule has 5 nitrogen and oxygen atoms in total. The number of allylic oxidation sites excluding steroid dienone is 1. The van der Waals surface area contributed by atoms with Crippen LogP contribution >= 0.6 is 11.8 Å². The number of rotatable bonds is 2. The summed E-state index contributed by atoms with van der Waals surface area (Å²) in [6.07, 6.45) is -4.69. The summed E-state index contributed by atoms with van der Waals surface area (Å²) in [4.78, 5) is 11.5. The average molecular weight is 333 g/mol. The van der Waals surface area contributed by atoms with E-state index in [4.69, 9.17) is 7.85 Å². The van der Waals surface area contributed by atoms with E-state index in [1.54, 1.807) is 18.2 Å². The third kappa shape index (κ3) is 4.68. The van der Waals surface area contributed by atoms with Crippen LogP contribution in [0.5, 0.6) is 0 Å². The average Bonchev–Trinajstić information content (AvgIpc) is 2.40. The van der Waals surface area contributed by atoms with Crippen molar-refractivity contribution in [3.8, 4) is 0 Å². The minimum absolute atomic E-state index is 0. The van der Waals surface area contributed by atoms with Gasteiger partial charge in [0.25, 0.3) is 0 Å². The zero-order valence-electron chi connectivity index (χ0n) is 11.1. The maximum atomic E-state index is 12.8. The molecule has 0 saturated heterocycles. The Hall–Kier alpha value is -1.65. The van der Waals surface area contributed by atoms with E-state index < -0.39 is 22.7 Å². The van der Waals surface area contributed by atoms with Crippen molar-refractivity contribution < 1.29 is 33.7 Å². The van der Waals surface area contributed by atoms with Gasteiger partial charge in [-0.25, -0.2) is 0 Å². The van der Waals surface area contributed by atoms with Crippen molar-refractivity contribution in [2.24, 2.45) is 0 Å². The van der Waals surface area contributed by atoms with Crippen molar-refractivity contribution in [3.63, 3.8) is 0 Å². The molecule has 1 aromatic carbocycles. The molecule has 0 spiro atoms. The molecule has 1 heterocycles. The third-order valence-electron chi connectivity index (χ3n) is 2.46. The van der Waals surface area contributed by atoms with Crippen LogP contribution in [0.3, 0.4) is 0 Å². The zero-order chi connectivity index (χ0) is 14.8. The van der Waals surface area contributed by atoms with Gasteiger partial charge in [-0.1, -0.05) is 0 Å². The van der Waals surface area contributed by atoms with E-state index in [9.17, 15) is 18.0 Å². The van der Waals surface area contributed by atoms with Crippen LogP contribution in [0.2, 0.25) is 0 Å². The summed E-state index contributed by atoms with van der Waals surface area (Å²) in [7, 11) is 5.63. The minimum Gasteiger partial charge on any atom is -0.870 e. The molecule has 0 fully saturated rings. The van der Waals surface area contributed by atoms with Crippen LogP contribution in [0.4, 0.5) is 18.9 Å². The SMILES string of the molecule is [B+2]c1ccccc1NC(=O)C1=C(C(F)(F)F)OCCS1.[OH-].[OH-]. The fraction of sp³-hybridized carbons (Fsp3) is 0.250. The summed E-state index contributed by atoms with van der Waals surface area (Å²) in [6, 6.07) is 6.33. The quantitative estimate of drug-likeness (QED) is 0.829. The molecule has 3 N–H and O–H groups in total. The Balaban J connectivity index is 0.00000220. The topological polar surface area (TPSA) is 98.3 Å². The molecule has 22 heavy (non-hydrogen) atoms. The second-order valence-electron chi connectivity index (χ2n) is 3.89. The Bertz CT molecular complexity index is 566. The van der Waals surface area contributed by atoms with Crippen molar-refractivity contribution in [3.05, 3.63) is 34.9 Å². The Morgan fingerprint density at radius 2 is 1.91 bits per heavy atom. The van der Waals surface area contributed by atoms with Crippen LogP contribution in [0.1, 0.15) is 0 Å². The van der Waals surface area contributed by atoms with Crippen LogP contribution in [-0.4, -0.2) is 43.2 Å². The van der Waals surface area contributed by atoms with Gasteiger partial charge in [0.05, 0.1) is 0 Å². The van der Waals surface area contributed by atoms with Crippen LogP contribution < -0.4 is 10.8 Å². The van der Waals surface area contributed by atoms with E-state index in [1.807, 2.05) is 0 Å². The van der Waals surface area contributed by atoms with Crippen LogP contribution in [0.15, 0.2) is 34.9 Å². The molecule has 118 valence electrons. The number of carbonyl (C=O) groups is 1. The van der Waals surface area contributed by atoms with Gasteiger partial charge in [-0.2, -0.15) is 0 Å². The van der Waals surface area contributed by atoms with Gasteiger partial charge in [-0.15, -0.1) is 0 Å². The number of para-hydroxylation sites is 1. The van der Waals surface area contributed by atoms with Gasteiger partial charge in [0.1, 0.15) is 0 Å². The van der Waals surface area contributed by atoms with Crippen molar-refractivity contribution in [1.29, 1.82) is 0 Å². The molecule has 0 aliphatic carbocycles. The van der Waals surface area contributed by atoms with Crippen molar-refractivity contribution >= 4 is 36.7 Å². The number of thioether (sulfide) groups is 1. The number of alkyl halides is 3. The number of carbonyl (C=O) groups excluding carboxylic acids is 1. The molecule has 1 aliphatic rings. The Labute approximate surface area is 129 Å². The number of hydrogen-bond donors (Lipinski definition) is 1. The minimum atomic E-state index is -4.69. The Morgan fingerprint density at radius 3 is 2.50 bits per heavy atom. The molecule has 0 saturated carbocycles. The number of benzene rings is 1. The molecule has 0 radical (unpaired) electrons. The summed E-state index contributed by atoms with van der Waals surface area (Å²) >= 11 is 0.813. The molecular weight excluding hydrogens is 322 g/mol. The van der Waals surface area contributed by atoms with Gasteiger partial charge in [0.2, 0.25) is 0 Å². The van der Waals surface area contributed by atoms with E-state index in [0.29, 0.717) is 0 Å². The molecule has 0 bridgehead atoms. The summed E-state index contributed by atoms with van der Waals surface area (Å²) in [6.45, 7) is -0.0796. The van der Waals surface area contributed by atoms with Gasteiger partial charge >= 0.3 is 118 Å². The van der Waals surface area contributed by atoms with Crippen molar-refractivity contribution in [2.45, 2.75) is 6.18 Å². The van der Waals surface area contributed by atoms with Crippen LogP contribution in [0.25, 0.3) is 0 Å². The van der Waals surface area contributed by atoms with E-state index in [0.717, 1.165) is 11.8 Å².